The lowest BCUT2D eigenvalue weighted by Crippen LogP contribution is -2.32. The monoisotopic (exact) mass is 384 g/mol. The van der Waals surface area contributed by atoms with Crippen molar-refractivity contribution < 1.29 is 14.3 Å². The molecule has 2 N–H and O–H groups in total. The summed E-state index contributed by atoms with van der Waals surface area (Å²) in [5.74, 6) is 0.390. The number of amides is 2. The summed E-state index contributed by atoms with van der Waals surface area (Å²) in [6.45, 7) is 1.25. The number of carbonyl (C=O) groups is 2. The molecule has 0 aromatic heterocycles. The number of nitrogens with one attached hydrogen (secondary N) is 2. The van der Waals surface area contributed by atoms with E-state index >= 15 is 0 Å². The predicted octanol–water partition coefficient (Wildman–Crippen LogP) is 3.72. The van der Waals surface area contributed by atoms with Gasteiger partial charge in [-0.3, -0.25) is 9.59 Å². The van der Waals surface area contributed by atoms with Gasteiger partial charge in [0.15, 0.2) is 0 Å². The Morgan fingerprint density at radius 1 is 1.07 bits per heavy atom. The van der Waals surface area contributed by atoms with Crippen LogP contribution in [0.1, 0.15) is 29.6 Å². The van der Waals surface area contributed by atoms with E-state index in [1.807, 2.05) is 36.4 Å². The maximum Gasteiger partial charge on any atom is 0.253 e. The number of benzene rings is 2. The van der Waals surface area contributed by atoms with Crippen LogP contribution in [0.4, 0.5) is 5.69 Å². The van der Waals surface area contributed by atoms with E-state index in [1.54, 1.807) is 30.0 Å². The molecule has 27 heavy (non-hydrogen) atoms. The van der Waals surface area contributed by atoms with Gasteiger partial charge in [0.1, 0.15) is 0 Å². The lowest BCUT2D eigenvalue weighted by atomic mass is 10.1. The third-order valence-corrected chi connectivity index (χ3v) is 5.31. The van der Waals surface area contributed by atoms with Crippen molar-refractivity contribution in [3.63, 3.8) is 0 Å². The average molecular weight is 385 g/mol. The minimum Gasteiger partial charge on any atom is -0.376 e. The smallest absolute Gasteiger partial charge is 0.253 e. The summed E-state index contributed by atoms with van der Waals surface area (Å²) >= 11 is 1.64. The molecule has 2 amide bonds. The summed E-state index contributed by atoms with van der Waals surface area (Å²) < 4.78 is 5.53. The molecule has 1 saturated heterocycles. The number of hydrogen-bond donors (Lipinski definition) is 2. The maximum atomic E-state index is 12.5. The van der Waals surface area contributed by atoms with Gasteiger partial charge in [0.2, 0.25) is 5.91 Å². The van der Waals surface area contributed by atoms with Crippen LogP contribution in [0.3, 0.4) is 0 Å². The summed E-state index contributed by atoms with van der Waals surface area (Å²) in [5.41, 5.74) is 1.01. The molecule has 0 radical (unpaired) electrons. The van der Waals surface area contributed by atoms with Crippen molar-refractivity contribution in [3.8, 4) is 0 Å². The Kier molecular flexibility index (Phi) is 7.30. The lowest BCUT2D eigenvalue weighted by Gasteiger charge is -2.13. The molecule has 1 fully saturated rings. The Morgan fingerprint density at radius 3 is 2.63 bits per heavy atom. The summed E-state index contributed by atoms with van der Waals surface area (Å²) in [5, 5.41) is 5.76. The number of anilines is 1. The number of para-hydroxylation sites is 1. The Morgan fingerprint density at radius 2 is 1.85 bits per heavy atom. The van der Waals surface area contributed by atoms with Gasteiger partial charge in [-0.25, -0.2) is 0 Å². The van der Waals surface area contributed by atoms with Crippen LogP contribution in [0, 0.1) is 0 Å². The quantitative estimate of drug-likeness (QED) is 0.681. The van der Waals surface area contributed by atoms with Crippen molar-refractivity contribution in [2.75, 3.05) is 24.2 Å². The van der Waals surface area contributed by atoms with E-state index in [-0.39, 0.29) is 17.9 Å². The summed E-state index contributed by atoms with van der Waals surface area (Å²) in [6, 6.07) is 17.1. The van der Waals surface area contributed by atoms with Crippen molar-refractivity contribution in [2.45, 2.75) is 30.3 Å². The second kappa shape index (κ2) is 10.1. The van der Waals surface area contributed by atoms with Crippen LogP contribution in [-0.2, 0) is 9.53 Å². The largest absolute Gasteiger partial charge is 0.376 e. The zero-order valence-corrected chi connectivity index (χ0v) is 16.0. The van der Waals surface area contributed by atoms with Crippen molar-refractivity contribution in [3.05, 3.63) is 60.2 Å². The number of carbonyl (C=O) groups excluding carboxylic acids is 2. The molecule has 2 aromatic rings. The fraction of sp³-hybridized carbons (Fsp3) is 0.333. The van der Waals surface area contributed by atoms with Gasteiger partial charge in [-0.15, -0.1) is 11.8 Å². The van der Waals surface area contributed by atoms with E-state index in [0.717, 1.165) is 24.3 Å². The van der Waals surface area contributed by atoms with Crippen LogP contribution in [0.15, 0.2) is 59.5 Å². The van der Waals surface area contributed by atoms with Crippen LogP contribution in [-0.4, -0.2) is 36.8 Å². The van der Waals surface area contributed by atoms with Gasteiger partial charge < -0.3 is 15.4 Å². The molecule has 0 unspecified atom stereocenters. The molecule has 142 valence electrons. The lowest BCUT2D eigenvalue weighted by molar-refractivity contribution is -0.115. The number of ether oxygens (including phenoxy) is 1. The SMILES string of the molecule is O=C(CCSc1ccccc1)Nc1ccccc1C(=O)NC[C@@H]1CCCO1. The van der Waals surface area contributed by atoms with Crippen molar-refractivity contribution in [1.82, 2.24) is 5.32 Å². The van der Waals surface area contributed by atoms with E-state index in [1.165, 1.54) is 0 Å². The molecule has 0 aliphatic carbocycles. The summed E-state index contributed by atoms with van der Waals surface area (Å²) in [4.78, 5) is 25.9. The molecule has 0 spiro atoms. The molecule has 1 aliphatic heterocycles. The highest BCUT2D eigenvalue weighted by Gasteiger charge is 2.18. The Balaban J connectivity index is 1.50. The fourth-order valence-corrected chi connectivity index (χ4v) is 3.76. The average Bonchev–Trinajstić information content (AvgIpc) is 3.21. The maximum absolute atomic E-state index is 12.5. The van der Waals surface area contributed by atoms with E-state index < -0.39 is 0 Å². The Hall–Kier alpha value is -2.31. The third-order valence-electron chi connectivity index (χ3n) is 4.30. The third kappa shape index (κ3) is 6.12. The second-order valence-electron chi connectivity index (χ2n) is 6.35. The summed E-state index contributed by atoms with van der Waals surface area (Å²) in [7, 11) is 0. The number of hydrogen-bond acceptors (Lipinski definition) is 4. The standard InChI is InChI=1S/C21H24N2O3S/c24-20(12-14-27-17-8-2-1-3-9-17)23-19-11-5-4-10-18(19)21(25)22-15-16-7-6-13-26-16/h1-5,8-11,16H,6-7,12-15H2,(H,22,25)(H,23,24)/t16-/m0/s1. The van der Waals surface area contributed by atoms with Gasteiger partial charge in [0.25, 0.3) is 5.91 Å². The van der Waals surface area contributed by atoms with Crippen molar-refractivity contribution in [2.24, 2.45) is 0 Å². The van der Waals surface area contributed by atoms with Crippen molar-refractivity contribution in [1.29, 1.82) is 0 Å². The van der Waals surface area contributed by atoms with Gasteiger partial charge in [0.05, 0.1) is 17.4 Å². The molecular formula is C21H24N2O3S. The highest BCUT2D eigenvalue weighted by Crippen LogP contribution is 2.19. The van der Waals surface area contributed by atoms with Gasteiger partial charge >= 0.3 is 0 Å². The zero-order chi connectivity index (χ0) is 18.9. The van der Waals surface area contributed by atoms with Crippen LogP contribution in [0.25, 0.3) is 0 Å². The van der Waals surface area contributed by atoms with E-state index in [4.69, 9.17) is 4.74 Å². The van der Waals surface area contributed by atoms with E-state index in [0.29, 0.717) is 30.0 Å². The molecule has 6 heteroatoms. The molecule has 0 saturated carbocycles. The molecule has 1 atom stereocenters. The first-order chi connectivity index (χ1) is 13.2. The predicted molar refractivity (Wildman–Crippen MR) is 108 cm³/mol. The van der Waals surface area contributed by atoms with Gasteiger partial charge in [-0.05, 0) is 37.1 Å². The molecule has 5 nitrogen and oxygen atoms in total. The molecule has 0 bridgehead atoms. The molecule has 1 heterocycles. The van der Waals surface area contributed by atoms with Crippen LogP contribution in [0.5, 0.6) is 0 Å². The Labute approximate surface area is 163 Å². The first-order valence-corrected chi connectivity index (χ1v) is 10.2. The highest BCUT2D eigenvalue weighted by molar-refractivity contribution is 7.99. The first-order valence-electron chi connectivity index (χ1n) is 9.19. The van der Waals surface area contributed by atoms with Crippen LogP contribution >= 0.6 is 11.8 Å². The number of rotatable bonds is 8. The van der Waals surface area contributed by atoms with Crippen molar-refractivity contribution >= 4 is 29.3 Å². The second-order valence-corrected chi connectivity index (χ2v) is 7.52. The first kappa shape index (κ1) is 19.5. The minimum atomic E-state index is -0.194. The molecule has 2 aromatic carbocycles. The highest BCUT2D eigenvalue weighted by atomic mass is 32.2. The van der Waals surface area contributed by atoms with Crippen LogP contribution < -0.4 is 10.6 Å². The summed E-state index contributed by atoms with van der Waals surface area (Å²) in [6.07, 6.45) is 2.47. The normalized spacial score (nSPS) is 16.1. The molecule has 1 aliphatic rings. The minimum absolute atomic E-state index is 0.0886. The molecular weight excluding hydrogens is 360 g/mol. The zero-order valence-electron chi connectivity index (χ0n) is 15.1. The number of thioether (sulfide) groups is 1. The van der Waals surface area contributed by atoms with E-state index in [9.17, 15) is 9.59 Å². The van der Waals surface area contributed by atoms with Gasteiger partial charge in [0, 0.05) is 30.2 Å². The topological polar surface area (TPSA) is 67.4 Å². The van der Waals surface area contributed by atoms with Gasteiger partial charge in [-0.1, -0.05) is 30.3 Å². The fourth-order valence-electron chi connectivity index (χ4n) is 2.89. The Bertz CT molecular complexity index is 761. The van der Waals surface area contributed by atoms with Gasteiger partial charge in [-0.2, -0.15) is 0 Å². The van der Waals surface area contributed by atoms with Crippen LogP contribution in [0.2, 0.25) is 0 Å². The van der Waals surface area contributed by atoms with E-state index in [2.05, 4.69) is 10.6 Å². The molecule has 3 rings (SSSR count).